The minimum atomic E-state index is -1.13. The predicted octanol–water partition coefficient (Wildman–Crippen LogP) is 2.31. The summed E-state index contributed by atoms with van der Waals surface area (Å²) in [4.78, 5) is 20.7. The second kappa shape index (κ2) is 4.57. The molecule has 5 nitrogen and oxygen atoms in total. The zero-order valence-electron chi connectivity index (χ0n) is 8.93. The van der Waals surface area contributed by atoms with Gasteiger partial charge in [0.15, 0.2) is 0 Å². The van der Waals surface area contributed by atoms with Gasteiger partial charge in [0, 0.05) is 12.1 Å². The Labute approximate surface area is 92.2 Å². The predicted molar refractivity (Wildman–Crippen MR) is 59.2 cm³/mol. The van der Waals surface area contributed by atoms with Crippen LogP contribution in [0.3, 0.4) is 0 Å². The molecule has 0 aliphatic rings. The van der Waals surface area contributed by atoms with Gasteiger partial charge in [-0.3, -0.25) is 10.1 Å². The monoisotopic (exact) mass is 221 g/mol. The molecule has 84 valence electrons. The summed E-state index contributed by atoms with van der Waals surface area (Å²) in [5, 5.41) is 19.3. The van der Waals surface area contributed by atoms with Gasteiger partial charge in [0.05, 0.1) is 10.5 Å². The number of nitro benzene ring substituents is 1. The van der Waals surface area contributed by atoms with Gasteiger partial charge in [0.1, 0.15) is 0 Å². The number of hydrogen-bond donors (Lipinski definition) is 1. The first-order valence-corrected chi connectivity index (χ1v) is 4.58. The molecule has 0 aromatic heterocycles. The van der Waals surface area contributed by atoms with Crippen molar-refractivity contribution in [3.05, 3.63) is 45.0 Å². The van der Waals surface area contributed by atoms with Gasteiger partial charge in [-0.25, -0.2) is 4.79 Å². The van der Waals surface area contributed by atoms with Gasteiger partial charge in [-0.1, -0.05) is 6.07 Å². The molecular weight excluding hydrogens is 210 g/mol. The number of aryl methyl sites for hydroxylation is 2. The lowest BCUT2D eigenvalue weighted by Crippen LogP contribution is -1.96. The van der Waals surface area contributed by atoms with Gasteiger partial charge < -0.3 is 5.11 Å². The molecular formula is C11H11NO4. The Kier molecular flexibility index (Phi) is 3.40. The van der Waals surface area contributed by atoms with Crippen LogP contribution in [0.25, 0.3) is 6.08 Å². The maximum atomic E-state index is 10.8. The topological polar surface area (TPSA) is 80.4 Å². The van der Waals surface area contributed by atoms with Crippen molar-refractivity contribution in [1.29, 1.82) is 0 Å². The van der Waals surface area contributed by atoms with E-state index in [4.69, 9.17) is 5.11 Å². The van der Waals surface area contributed by atoms with Crippen molar-refractivity contribution >= 4 is 17.7 Å². The van der Waals surface area contributed by atoms with Crippen LogP contribution in [-0.2, 0) is 4.79 Å². The molecule has 1 aromatic rings. The molecule has 0 saturated heterocycles. The molecule has 0 amide bonds. The number of carboxylic acid groups (broad SMARTS) is 1. The van der Waals surface area contributed by atoms with E-state index in [9.17, 15) is 14.9 Å². The minimum absolute atomic E-state index is 0.0741. The summed E-state index contributed by atoms with van der Waals surface area (Å²) in [7, 11) is 0. The summed E-state index contributed by atoms with van der Waals surface area (Å²) >= 11 is 0. The fourth-order valence-corrected chi connectivity index (χ4v) is 1.48. The molecule has 1 N–H and O–H groups in total. The van der Waals surface area contributed by atoms with Crippen molar-refractivity contribution in [1.82, 2.24) is 0 Å². The molecule has 1 rings (SSSR count). The first-order chi connectivity index (χ1) is 7.41. The van der Waals surface area contributed by atoms with Crippen molar-refractivity contribution in [3.63, 3.8) is 0 Å². The number of nitro groups is 1. The van der Waals surface area contributed by atoms with Crippen LogP contribution in [0.4, 0.5) is 5.69 Å². The van der Waals surface area contributed by atoms with Gasteiger partial charge in [0.2, 0.25) is 0 Å². The fourth-order valence-electron chi connectivity index (χ4n) is 1.48. The van der Waals surface area contributed by atoms with Gasteiger partial charge in [-0.15, -0.1) is 0 Å². The number of benzene rings is 1. The highest BCUT2D eigenvalue weighted by atomic mass is 16.6. The molecule has 0 radical (unpaired) electrons. The minimum Gasteiger partial charge on any atom is -0.478 e. The summed E-state index contributed by atoms with van der Waals surface area (Å²) in [6.07, 6.45) is 2.14. The van der Waals surface area contributed by atoms with E-state index in [2.05, 4.69) is 0 Å². The van der Waals surface area contributed by atoms with Crippen molar-refractivity contribution in [2.24, 2.45) is 0 Å². The van der Waals surface area contributed by atoms with Crippen molar-refractivity contribution in [2.75, 3.05) is 0 Å². The maximum absolute atomic E-state index is 10.8. The molecule has 0 atom stereocenters. The lowest BCUT2D eigenvalue weighted by molar-refractivity contribution is -0.385. The molecule has 0 bridgehead atoms. The Hall–Kier alpha value is -2.17. The molecule has 0 aliphatic carbocycles. The largest absolute Gasteiger partial charge is 0.478 e. The number of aliphatic carboxylic acids is 1. The van der Waals surface area contributed by atoms with Crippen LogP contribution in [0.2, 0.25) is 0 Å². The second-order valence-corrected chi connectivity index (χ2v) is 3.44. The van der Waals surface area contributed by atoms with Crippen LogP contribution in [0.1, 0.15) is 16.7 Å². The third kappa shape index (κ3) is 2.66. The third-order valence-electron chi connectivity index (χ3n) is 2.10. The van der Waals surface area contributed by atoms with Gasteiger partial charge >= 0.3 is 5.97 Å². The highest BCUT2D eigenvalue weighted by molar-refractivity contribution is 5.86. The molecule has 0 aliphatic heterocycles. The molecule has 0 saturated carbocycles. The first kappa shape index (κ1) is 11.9. The first-order valence-electron chi connectivity index (χ1n) is 4.58. The van der Waals surface area contributed by atoms with E-state index in [0.29, 0.717) is 11.1 Å². The van der Waals surface area contributed by atoms with Crippen LogP contribution < -0.4 is 0 Å². The molecule has 16 heavy (non-hydrogen) atoms. The Balaban J connectivity index is 3.35. The summed E-state index contributed by atoms with van der Waals surface area (Å²) in [5.41, 5.74) is 1.72. The van der Waals surface area contributed by atoms with Crippen LogP contribution in [0.5, 0.6) is 0 Å². The quantitative estimate of drug-likeness (QED) is 0.482. The Bertz CT molecular complexity index is 477. The van der Waals surface area contributed by atoms with Gasteiger partial charge in [0.25, 0.3) is 5.69 Å². The Morgan fingerprint density at radius 1 is 1.44 bits per heavy atom. The van der Waals surface area contributed by atoms with Crippen LogP contribution in [0, 0.1) is 24.0 Å². The molecule has 1 aromatic carbocycles. The van der Waals surface area contributed by atoms with Crippen molar-refractivity contribution in [2.45, 2.75) is 13.8 Å². The third-order valence-corrected chi connectivity index (χ3v) is 2.10. The van der Waals surface area contributed by atoms with E-state index in [1.54, 1.807) is 19.9 Å². The zero-order valence-corrected chi connectivity index (χ0v) is 8.93. The number of carboxylic acids is 1. The lowest BCUT2D eigenvalue weighted by atomic mass is 10.0. The van der Waals surface area contributed by atoms with Crippen molar-refractivity contribution < 1.29 is 14.8 Å². The van der Waals surface area contributed by atoms with Crippen LogP contribution in [-0.4, -0.2) is 16.0 Å². The average Bonchev–Trinajstić information content (AvgIpc) is 2.14. The summed E-state index contributed by atoms with van der Waals surface area (Å²) in [5.74, 6) is -1.13. The van der Waals surface area contributed by atoms with E-state index >= 15 is 0 Å². The highest BCUT2D eigenvalue weighted by Crippen LogP contribution is 2.25. The van der Waals surface area contributed by atoms with Crippen LogP contribution >= 0.6 is 0 Å². The molecule has 0 fully saturated rings. The highest BCUT2D eigenvalue weighted by Gasteiger charge is 2.14. The SMILES string of the molecule is Cc1cc(C)c(/C=C/C(=O)O)c([N+](=O)[O-])c1. The fraction of sp³-hybridized carbons (Fsp3) is 0.182. The average molecular weight is 221 g/mol. The normalized spacial score (nSPS) is 10.6. The van der Waals surface area contributed by atoms with Gasteiger partial charge in [-0.05, 0) is 31.1 Å². The van der Waals surface area contributed by atoms with E-state index in [1.165, 1.54) is 12.1 Å². The maximum Gasteiger partial charge on any atom is 0.328 e. The molecule has 5 heteroatoms. The van der Waals surface area contributed by atoms with E-state index in [0.717, 1.165) is 11.6 Å². The van der Waals surface area contributed by atoms with E-state index in [-0.39, 0.29) is 5.69 Å². The number of hydrogen-bond acceptors (Lipinski definition) is 3. The summed E-state index contributed by atoms with van der Waals surface area (Å²) in [6.45, 7) is 3.46. The van der Waals surface area contributed by atoms with E-state index in [1.807, 2.05) is 0 Å². The number of rotatable bonds is 3. The Morgan fingerprint density at radius 2 is 2.06 bits per heavy atom. The number of nitrogens with zero attached hydrogens (tertiary/aromatic N) is 1. The number of carbonyl (C=O) groups is 1. The van der Waals surface area contributed by atoms with Gasteiger partial charge in [-0.2, -0.15) is 0 Å². The van der Waals surface area contributed by atoms with E-state index < -0.39 is 10.9 Å². The lowest BCUT2D eigenvalue weighted by Gasteiger charge is -2.03. The van der Waals surface area contributed by atoms with Crippen LogP contribution in [0.15, 0.2) is 18.2 Å². The Morgan fingerprint density at radius 3 is 2.56 bits per heavy atom. The molecule has 0 unspecified atom stereocenters. The zero-order chi connectivity index (χ0) is 12.3. The smallest absolute Gasteiger partial charge is 0.328 e. The standard InChI is InChI=1S/C11H11NO4/c1-7-5-8(2)9(3-4-11(13)14)10(6-7)12(15)16/h3-6H,1-2H3,(H,13,14)/b4-3+. The molecule has 0 spiro atoms. The van der Waals surface area contributed by atoms with Crippen molar-refractivity contribution in [3.8, 4) is 0 Å². The molecule has 0 heterocycles. The summed E-state index contributed by atoms with van der Waals surface area (Å²) in [6, 6.07) is 3.20. The second-order valence-electron chi connectivity index (χ2n) is 3.44. The summed E-state index contributed by atoms with van der Waals surface area (Å²) < 4.78 is 0.